The number of ether oxygens (including phenoxy) is 1. The van der Waals surface area contributed by atoms with E-state index in [1.807, 2.05) is 6.92 Å². The van der Waals surface area contributed by atoms with Gasteiger partial charge in [-0.05, 0) is 25.8 Å². The topological polar surface area (TPSA) is 44.7 Å². The summed E-state index contributed by atoms with van der Waals surface area (Å²) in [6.07, 6.45) is 1.08. The SMILES string of the molecule is CCN1CCOC(CNCC(C)(O)CC(C)C)C1. The third-order valence-electron chi connectivity index (χ3n) is 3.40. The van der Waals surface area contributed by atoms with Crippen molar-refractivity contribution >= 4 is 0 Å². The summed E-state index contributed by atoms with van der Waals surface area (Å²) in [7, 11) is 0. The molecule has 2 atom stereocenters. The summed E-state index contributed by atoms with van der Waals surface area (Å²) in [4.78, 5) is 2.40. The maximum absolute atomic E-state index is 10.2. The van der Waals surface area contributed by atoms with E-state index in [-0.39, 0.29) is 6.10 Å². The first-order chi connectivity index (χ1) is 8.43. The molecule has 0 aliphatic carbocycles. The number of hydrogen-bond acceptors (Lipinski definition) is 4. The first kappa shape index (κ1) is 15.9. The Morgan fingerprint density at radius 1 is 1.50 bits per heavy atom. The predicted octanol–water partition coefficient (Wildman–Crippen LogP) is 1.09. The van der Waals surface area contributed by atoms with Crippen molar-refractivity contribution in [2.75, 3.05) is 39.3 Å². The first-order valence-electron chi connectivity index (χ1n) is 7.20. The van der Waals surface area contributed by atoms with Gasteiger partial charge in [0.25, 0.3) is 0 Å². The molecule has 1 rings (SSSR count). The van der Waals surface area contributed by atoms with E-state index >= 15 is 0 Å². The fraction of sp³-hybridized carbons (Fsp3) is 1.00. The summed E-state index contributed by atoms with van der Waals surface area (Å²) in [6, 6.07) is 0. The third-order valence-corrected chi connectivity index (χ3v) is 3.40. The van der Waals surface area contributed by atoms with Crippen molar-refractivity contribution in [1.29, 1.82) is 0 Å². The van der Waals surface area contributed by atoms with Crippen LogP contribution >= 0.6 is 0 Å². The van der Waals surface area contributed by atoms with Gasteiger partial charge in [-0.2, -0.15) is 0 Å². The summed E-state index contributed by atoms with van der Waals surface area (Å²) < 4.78 is 5.72. The molecule has 1 heterocycles. The van der Waals surface area contributed by atoms with Crippen LogP contribution in [0.4, 0.5) is 0 Å². The summed E-state index contributed by atoms with van der Waals surface area (Å²) in [5.74, 6) is 0.517. The van der Waals surface area contributed by atoms with Gasteiger partial charge in [-0.25, -0.2) is 0 Å². The summed E-state index contributed by atoms with van der Waals surface area (Å²) in [5, 5.41) is 13.5. The van der Waals surface area contributed by atoms with Gasteiger partial charge in [0.15, 0.2) is 0 Å². The smallest absolute Gasteiger partial charge is 0.0826 e. The number of nitrogens with one attached hydrogen (secondary N) is 1. The fourth-order valence-corrected chi connectivity index (χ4v) is 2.65. The molecule has 4 nitrogen and oxygen atoms in total. The lowest BCUT2D eigenvalue weighted by molar-refractivity contribution is -0.0294. The van der Waals surface area contributed by atoms with Crippen molar-refractivity contribution in [2.24, 2.45) is 5.92 Å². The van der Waals surface area contributed by atoms with Crippen LogP contribution in [0.5, 0.6) is 0 Å². The van der Waals surface area contributed by atoms with Gasteiger partial charge in [-0.15, -0.1) is 0 Å². The van der Waals surface area contributed by atoms with Crippen LogP contribution in [0.15, 0.2) is 0 Å². The molecule has 0 aromatic heterocycles. The molecule has 0 aromatic rings. The van der Waals surface area contributed by atoms with Crippen LogP contribution in [0.3, 0.4) is 0 Å². The molecule has 0 saturated carbocycles. The Kier molecular flexibility index (Phi) is 6.57. The Morgan fingerprint density at radius 2 is 2.22 bits per heavy atom. The van der Waals surface area contributed by atoms with Crippen LogP contribution in [-0.4, -0.2) is 61.0 Å². The minimum atomic E-state index is -0.618. The second-order valence-corrected chi connectivity index (χ2v) is 6.11. The summed E-state index contributed by atoms with van der Waals surface area (Å²) >= 11 is 0. The molecule has 1 saturated heterocycles. The van der Waals surface area contributed by atoms with Crippen LogP contribution in [0.2, 0.25) is 0 Å². The largest absolute Gasteiger partial charge is 0.389 e. The molecule has 1 aliphatic heterocycles. The maximum Gasteiger partial charge on any atom is 0.0826 e. The Morgan fingerprint density at radius 3 is 2.83 bits per heavy atom. The second-order valence-electron chi connectivity index (χ2n) is 6.11. The van der Waals surface area contributed by atoms with Crippen molar-refractivity contribution in [3.63, 3.8) is 0 Å². The van der Waals surface area contributed by atoms with E-state index in [9.17, 15) is 5.11 Å². The molecule has 0 bridgehead atoms. The van der Waals surface area contributed by atoms with Crippen molar-refractivity contribution < 1.29 is 9.84 Å². The maximum atomic E-state index is 10.2. The number of rotatable bonds is 7. The minimum Gasteiger partial charge on any atom is -0.389 e. The molecule has 0 radical (unpaired) electrons. The van der Waals surface area contributed by atoms with Gasteiger partial charge in [0, 0.05) is 26.2 Å². The molecule has 2 N–H and O–H groups in total. The van der Waals surface area contributed by atoms with Gasteiger partial charge in [-0.3, -0.25) is 4.90 Å². The molecule has 1 aliphatic rings. The van der Waals surface area contributed by atoms with Gasteiger partial charge in [-0.1, -0.05) is 20.8 Å². The molecule has 108 valence electrons. The van der Waals surface area contributed by atoms with E-state index in [2.05, 4.69) is 31.0 Å². The zero-order valence-corrected chi connectivity index (χ0v) is 12.4. The fourth-order valence-electron chi connectivity index (χ4n) is 2.65. The monoisotopic (exact) mass is 258 g/mol. The highest BCUT2D eigenvalue weighted by atomic mass is 16.5. The second kappa shape index (κ2) is 7.43. The van der Waals surface area contributed by atoms with Gasteiger partial charge in [0.1, 0.15) is 0 Å². The van der Waals surface area contributed by atoms with Crippen molar-refractivity contribution in [3.8, 4) is 0 Å². The number of aliphatic hydroxyl groups is 1. The van der Waals surface area contributed by atoms with Gasteiger partial charge in [0.2, 0.25) is 0 Å². The molecule has 1 fully saturated rings. The zero-order valence-electron chi connectivity index (χ0n) is 12.4. The highest BCUT2D eigenvalue weighted by Gasteiger charge is 2.23. The van der Waals surface area contributed by atoms with Crippen molar-refractivity contribution in [3.05, 3.63) is 0 Å². The lowest BCUT2D eigenvalue weighted by Gasteiger charge is -2.33. The average Bonchev–Trinajstić information content (AvgIpc) is 2.27. The molecule has 18 heavy (non-hydrogen) atoms. The molecule has 0 aromatic carbocycles. The Bertz CT molecular complexity index is 232. The average molecular weight is 258 g/mol. The molecule has 0 amide bonds. The molecular weight excluding hydrogens is 228 g/mol. The molecule has 0 spiro atoms. The first-order valence-corrected chi connectivity index (χ1v) is 7.20. The Hall–Kier alpha value is -0.160. The van der Waals surface area contributed by atoms with Gasteiger partial charge < -0.3 is 15.2 Å². The Labute approximate surface area is 112 Å². The van der Waals surface area contributed by atoms with E-state index in [4.69, 9.17) is 4.74 Å². The third kappa shape index (κ3) is 6.14. The van der Waals surface area contributed by atoms with Crippen LogP contribution in [-0.2, 0) is 4.74 Å². The van der Waals surface area contributed by atoms with E-state index in [1.165, 1.54) is 0 Å². The van der Waals surface area contributed by atoms with Crippen LogP contribution in [0.1, 0.15) is 34.1 Å². The zero-order chi connectivity index (χ0) is 13.6. The molecular formula is C14H30N2O2. The summed E-state index contributed by atoms with van der Waals surface area (Å²) in [6.45, 7) is 13.8. The predicted molar refractivity (Wildman–Crippen MR) is 74.8 cm³/mol. The highest BCUT2D eigenvalue weighted by molar-refractivity contribution is 4.79. The van der Waals surface area contributed by atoms with E-state index in [0.29, 0.717) is 12.5 Å². The number of morpholine rings is 1. The van der Waals surface area contributed by atoms with Crippen LogP contribution in [0, 0.1) is 5.92 Å². The molecule has 4 heteroatoms. The number of hydrogen-bond donors (Lipinski definition) is 2. The standard InChI is InChI=1S/C14H30N2O2/c1-5-16-6-7-18-13(10-16)9-15-11-14(4,17)8-12(2)3/h12-13,15,17H,5-11H2,1-4H3. The van der Waals surface area contributed by atoms with Crippen LogP contribution in [0.25, 0.3) is 0 Å². The lowest BCUT2D eigenvalue weighted by atomic mass is 9.94. The number of nitrogens with zero attached hydrogens (tertiary/aromatic N) is 1. The molecule has 2 unspecified atom stereocenters. The van der Waals surface area contributed by atoms with Crippen LogP contribution < -0.4 is 5.32 Å². The Balaban J connectivity index is 2.20. The van der Waals surface area contributed by atoms with Crippen molar-refractivity contribution in [1.82, 2.24) is 10.2 Å². The minimum absolute atomic E-state index is 0.258. The summed E-state index contributed by atoms with van der Waals surface area (Å²) in [5.41, 5.74) is -0.618. The van der Waals surface area contributed by atoms with E-state index < -0.39 is 5.60 Å². The highest BCUT2D eigenvalue weighted by Crippen LogP contribution is 2.15. The number of likely N-dealkylation sites (N-methyl/N-ethyl adjacent to an activating group) is 1. The van der Waals surface area contributed by atoms with Gasteiger partial charge >= 0.3 is 0 Å². The normalized spacial score (nSPS) is 25.3. The lowest BCUT2D eigenvalue weighted by Crippen LogP contribution is -2.48. The van der Waals surface area contributed by atoms with E-state index in [1.54, 1.807) is 0 Å². The van der Waals surface area contributed by atoms with E-state index in [0.717, 1.165) is 39.2 Å². The van der Waals surface area contributed by atoms with Crippen molar-refractivity contribution in [2.45, 2.75) is 45.8 Å². The van der Waals surface area contributed by atoms with Gasteiger partial charge in [0.05, 0.1) is 18.3 Å². The quantitative estimate of drug-likeness (QED) is 0.717.